The van der Waals surface area contributed by atoms with Crippen LogP contribution in [0.5, 0.6) is 0 Å². The molecule has 0 saturated carbocycles. The van der Waals surface area contributed by atoms with Gasteiger partial charge in [0.15, 0.2) is 5.82 Å². The maximum Gasteiger partial charge on any atom is 0.223 e. The number of hydrogen-bond acceptors (Lipinski definition) is 5. The van der Waals surface area contributed by atoms with Crippen molar-refractivity contribution < 1.29 is 4.39 Å². The molecule has 7 heteroatoms. The summed E-state index contributed by atoms with van der Waals surface area (Å²) in [6.45, 7) is 1.44. The van der Waals surface area contributed by atoms with E-state index in [1.54, 1.807) is 30.6 Å². The summed E-state index contributed by atoms with van der Waals surface area (Å²) in [7, 11) is 3.93. The zero-order chi connectivity index (χ0) is 20.9. The molecule has 2 heterocycles. The maximum absolute atomic E-state index is 14.4. The Morgan fingerprint density at radius 2 is 1.77 bits per heavy atom. The van der Waals surface area contributed by atoms with Crippen molar-refractivity contribution in [2.75, 3.05) is 30.4 Å². The first-order valence-electron chi connectivity index (χ1n) is 9.73. The Bertz CT molecular complexity index is 1130. The number of aromatic nitrogens is 4. The van der Waals surface area contributed by atoms with Gasteiger partial charge in [-0.15, -0.1) is 0 Å². The summed E-state index contributed by atoms with van der Waals surface area (Å²) in [5, 5.41) is 3.27. The van der Waals surface area contributed by atoms with Crippen molar-refractivity contribution in [1.82, 2.24) is 19.5 Å². The van der Waals surface area contributed by atoms with Crippen molar-refractivity contribution in [3.63, 3.8) is 0 Å². The second-order valence-corrected chi connectivity index (χ2v) is 6.98. The standard InChI is InChI=1S/C23H23FN6/c1-29(17-8-4-3-5-9-17)14-13-26-23-27-16-19(18-10-6-7-11-20(18)24)21(28-23)22-25-12-15-30(22)2/h3-12,15-16H,13-14H2,1-2H3,(H,26,27,28). The number of nitrogens with one attached hydrogen (secondary N) is 1. The lowest BCUT2D eigenvalue weighted by molar-refractivity contribution is 0.631. The highest BCUT2D eigenvalue weighted by molar-refractivity contribution is 5.78. The van der Waals surface area contributed by atoms with Crippen molar-refractivity contribution in [1.29, 1.82) is 0 Å². The minimum absolute atomic E-state index is 0.318. The number of para-hydroxylation sites is 1. The number of rotatable bonds is 7. The zero-order valence-corrected chi connectivity index (χ0v) is 17.0. The predicted molar refractivity (Wildman–Crippen MR) is 118 cm³/mol. The van der Waals surface area contributed by atoms with Crippen molar-refractivity contribution >= 4 is 11.6 Å². The van der Waals surface area contributed by atoms with E-state index in [9.17, 15) is 4.39 Å². The van der Waals surface area contributed by atoms with Crippen LogP contribution in [0, 0.1) is 5.82 Å². The molecule has 0 unspecified atom stereocenters. The Hall–Kier alpha value is -3.74. The predicted octanol–water partition coefficient (Wildman–Crippen LogP) is 4.23. The maximum atomic E-state index is 14.4. The van der Waals surface area contributed by atoms with Gasteiger partial charge in [0.25, 0.3) is 0 Å². The third kappa shape index (κ3) is 4.15. The Labute approximate surface area is 175 Å². The molecule has 0 aliphatic heterocycles. The molecule has 0 aliphatic rings. The monoisotopic (exact) mass is 402 g/mol. The van der Waals surface area contributed by atoms with Crippen LogP contribution < -0.4 is 10.2 Å². The molecule has 2 aromatic carbocycles. The molecule has 0 radical (unpaired) electrons. The summed E-state index contributed by atoms with van der Waals surface area (Å²) in [6.07, 6.45) is 5.19. The van der Waals surface area contributed by atoms with Crippen LogP contribution in [0.2, 0.25) is 0 Å². The van der Waals surface area contributed by atoms with E-state index < -0.39 is 0 Å². The molecule has 30 heavy (non-hydrogen) atoms. The molecule has 2 aromatic heterocycles. The van der Waals surface area contributed by atoms with Crippen LogP contribution in [0.1, 0.15) is 0 Å². The van der Waals surface area contributed by atoms with E-state index in [1.807, 2.05) is 43.1 Å². The Morgan fingerprint density at radius 1 is 1.00 bits per heavy atom. The molecule has 1 N–H and O–H groups in total. The van der Waals surface area contributed by atoms with Gasteiger partial charge in [-0.05, 0) is 18.2 Å². The van der Waals surface area contributed by atoms with Gasteiger partial charge in [-0.25, -0.2) is 19.3 Å². The van der Waals surface area contributed by atoms with Gasteiger partial charge in [0, 0.05) is 62.6 Å². The highest BCUT2D eigenvalue weighted by Crippen LogP contribution is 2.31. The van der Waals surface area contributed by atoms with Crippen LogP contribution in [0.4, 0.5) is 16.0 Å². The zero-order valence-electron chi connectivity index (χ0n) is 17.0. The molecule has 4 aromatic rings. The third-order valence-corrected chi connectivity index (χ3v) is 4.91. The number of halogens is 1. The fourth-order valence-electron chi connectivity index (χ4n) is 3.25. The molecule has 0 bridgehead atoms. The first-order chi connectivity index (χ1) is 14.6. The molecule has 0 amide bonds. The molecular formula is C23H23FN6. The normalized spacial score (nSPS) is 10.8. The van der Waals surface area contributed by atoms with Gasteiger partial charge in [-0.1, -0.05) is 36.4 Å². The summed E-state index contributed by atoms with van der Waals surface area (Å²) in [5.41, 5.74) is 2.78. The number of imidazole rings is 1. The SMILES string of the molecule is CN(CCNc1ncc(-c2ccccc2F)c(-c2nccn2C)n1)c1ccccc1. The molecule has 0 atom stereocenters. The average molecular weight is 402 g/mol. The topological polar surface area (TPSA) is 58.9 Å². The quantitative estimate of drug-likeness (QED) is 0.501. The van der Waals surface area contributed by atoms with Crippen LogP contribution in [-0.2, 0) is 7.05 Å². The lowest BCUT2D eigenvalue weighted by Crippen LogP contribution is -2.25. The molecule has 0 aliphatic carbocycles. The van der Waals surface area contributed by atoms with Gasteiger partial charge < -0.3 is 14.8 Å². The molecule has 152 valence electrons. The van der Waals surface area contributed by atoms with Crippen LogP contribution in [-0.4, -0.2) is 39.7 Å². The fourth-order valence-corrected chi connectivity index (χ4v) is 3.25. The van der Waals surface area contributed by atoms with E-state index in [4.69, 9.17) is 0 Å². The molecule has 0 fully saturated rings. The fraction of sp³-hybridized carbons (Fsp3) is 0.174. The summed E-state index contributed by atoms with van der Waals surface area (Å²) in [6, 6.07) is 16.8. The van der Waals surface area contributed by atoms with Gasteiger partial charge in [-0.2, -0.15) is 0 Å². The van der Waals surface area contributed by atoms with Gasteiger partial charge in [0.1, 0.15) is 11.5 Å². The highest BCUT2D eigenvalue weighted by Gasteiger charge is 2.17. The number of nitrogens with zero attached hydrogens (tertiary/aromatic N) is 5. The van der Waals surface area contributed by atoms with Crippen LogP contribution in [0.15, 0.2) is 73.2 Å². The summed E-state index contributed by atoms with van der Waals surface area (Å²) < 4.78 is 16.3. The Morgan fingerprint density at radius 3 is 2.50 bits per heavy atom. The Kier molecular flexibility index (Phi) is 5.70. The van der Waals surface area contributed by atoms with Crippen molar-refractivity contribution in [2.45, 2.75) is 0 Å². The molecular weight excluding hydrogens is 379 g/mol. The average Bonchev–Trinajstić information content (AvgIpc) is 3.20. The lowest BCUT2D eigenvalue weighted by atomic mass is 10.0. The number of likely N-dealkylation sites (N-methyl/N-ethyl adjacent to an activating group) is 1. The van der Waals surface area contributed by atoms with E-state index in [1.165, 1.54) is 6.07 Å². The van der Waals surface area contributed by atoms with Gasteiger partial charge in [0.05, 0.1) is 0 Å². The van der Waals surface area contributed by atoms with Gasteiger partial charge >= 0.3 is 0 Å². The first kappa shape index (κ1) is 19.6. The smallest absolute Gasteiger partial charge is 0.223 e. The molecule has 4 rings (SSSR count). The summed E-state index contributed by atoms with van der Waals surface area (Å²) >= 11 is 0. The Balaban J connectivity index is 1.58. The summed E-state index contributed by atoms with van der Waals surface area (Å²) in [5.74, 6) is 0.816. The number of benzene rings is 2. The number of aryl methyl sites for hydroxylation is 1. The van der Waals surface area contributed by atoms with Crippen LogP contribution in [0.25, 0.3) is 22.6 Å². The third-order valence-electron chi connectivity index (χ3n) is 4.91. The lowest BCUT2D eigenvalue weighted by Gasteiger charge is -2.19. The molecule has 6 nitrogen and oxygen atoms in total. The molecule has 0 saturated heterocycles. The van der Waals surface area contributed by atoms with Crippen molar-refractivity contribution in [3.8, 4) is 22.6 Å². The van der Waals surface area contributed by atoms with E-state index in [0.29, 0.717) is 35.1 Å². The van der Waals surface area contributed by atoms with Crippen LogP contribution in [0.3, 0.4) is 0 Å². The molecule has 0 spiro atoms. The van der Waals surface area contributed by atoms with E-state index in [2.05, 4.69) is 37.3 Å². The minimum atomic E-state index is -0.318. The minimum Gasteiger partial charge on any atom is -0.373 e. The highest BCUT2D eigenvalue weighted by atomic mass is 19.1. The van der Waals surface area contributed by atoms with E-state index in [0.717, 1.165) is 12.2 Å². The van der Waals surface area contributed by atoms with Gasteiger partial charge in [-0.3, -0.25) is 0 Å². The second-order valence-electron chi connectivity index (χ2n) is 6.98. The van der Waals surface area contributed by atoms with Crippen LogP contribution >= 0.6 is 0 Å². The second kappa shape index (κ2) is 8.73. The van der Waals surface area contributed by atoms with E-state index >= 15 is 0 Å². The largest absolute Gasteiger partial charge is 0.373 e. The summed E-state index contributed by atoms with van der Waals surface area (Å²) in [4.78, 5) is 15.7. The number of anilines is 2. The van der Waals surface area contributed by atoms with Crippen molar-refractivity contribution in [3.05, 3.63) is 79.0 Å². The first-order valence-corrected chi connectivity index (χ1v) is 9.73. The number of hydrogen-bond donors (Lipinski definition) is 1. The van der Waals surface area contributed by atoms with E-state index in [-0.39, 0.29) is 5.82 Å². The van der Waals surface area contributed by atoms with Crippen molar-refractivity contribution in [2.24, 2.45) is 7.05 Å². The van der Waals surface area contributed by atoms with Gasteiger partial charge in [0.2, 0.25) is 5.95 Å².